The summed E-state index contributed by atoms with van der Waals surface area (Å²) >= 11 is 1.30. The van der Waals surface area contributed by atoms with E-state index < -0.39 is 0 Å². The molecule has 76 valence electrons. The van der Waals surface area contributed by atoms with E-state index in [1.807, 2.05) is 0 Å². The molecule has 0 unspecified atom stereocenters. The van der Waals surface area contributed by atoms with Crippen molar-refractivity contribution >= 4 is 17.6 Å². The molecule has 0 saturated carbocycles. The molecule has 0 atom stereocenters. The average molecular weight is 214 g/mol. The lowest BCUT2D eigenvalue weighted by Crippen LogP contribution is -2.36. The Bertz CT molecular complexity index is 409. The van der Waals surface area contributed by atoms with Crippen molar-refractivity contribution in [3.63, 3.8) is 0 Å². The predicted octanol–water partition coefficient (Wildman–Crippen LogP) is 0.561. The van der Waals surface area contributed by atoms with E-state index >= 15 is 0 Å². The fourth-order valence-corrected chi connectivity index (χ4v) is 2.40. The van der Waals surface area contributed by atoms with Crippen LogP contribution in [-0.4, -0.2) is 29.0 Å². The van der Waals surface area contributed by atoms with Crippen LogP contribution in [0.2, 0.25) is 0 Å². The van der Waals surface area contributed by atoms with E-state index in [1.54, 1.807) is 4.90 Å². The monoisotopic (exact) mass is 214 g/mol. The maximum atomic E-state index is 11.2. The second-order valence-electron chi connectivity index (χ2n) is 3.08. The number of aromatic amines is 1. The van der Waals surface area contributed by atoms with E-state index in [-0.39, 0.29) is 11.7 Å². The predicted molar refractivity (Wildman–Crippen MR) is 51.5 cm³/mol. The molecule has 1 N–H and O–H groups in total. The molecule has 1 aromatic rings. The van der Waals surface area contributed by atoms with Crippen LogP contribution in [0, 0.1) is 0 Å². The number of carbonyl (C=O) groups is 1. The minimum Gasteiger partial charge on any atom is -0.453 e. The first-order valence-corrected chi connectivity index (χ1v) is 5.06. The van der Waals surface area contributed by atoms with Crippen LogP contribution in [-0.2, 0) is 17.7 Å². The van der Waals surface area contributed by atoms with Gasteiger partial charge in [-0.15, -0.1) is 0 Å². The van der Waals surface area contributed by atoms with Gasteiger partial charge >= 0.3 is 6.09 Å². The molecule has 1 aliphatic heterocycles. The summed E-state index contributed by atoms with van der Waals surface area (Å²) in [6, 6.07) is 0. The zero-order chi connectivity index (χ0) is 10.1. The zero-order valence-electron chi connectivity index (χ0n) is 7.70. The lowest BCUT2D eigenvalue weighted by atomic mass is 10.1. The van der Waals surface area contributed by atoms with Crippen molar-refractivity contribution < 1.29 is 9.53 Å². The Morgan fingerprint density at radius 3 is 3.14 bits per heavy atom. The number of ether oxygens (including phenoxy) is 1. The molecule has 2 rings (SSSR count). The molecule has 1 amide bonds. The van der Waals surface area contributed by atoms with Crippen LogP contribution < -0.4 is 5.56 Å². The third-order valence-corrected chi connectivity index (χ3v) is 3.19. The Kier molecular flexibility index (Phi) is 2.28. The number of carbonyl (C=O) groups excluding carboxylic acids is 1. The molecule has 0 bridgehead atoms. The van der Waals surface area contributed by atoms with E-state index in [0.717, 1.165) is 10.4 Å². The highest BCUT2D eigenvalue weighted by molar-refractivity contribution is 7.05. The van der Waals surface area contributed by atoms with Gasteiger partial charge in [0.25, 0.3) is 5.56 Å². The van der Waals surface area contributed by atoms with Gasteiger partial charge in [0.2, 0.25) is 0 Å². The Labute approximate surface area is 84.4 Å². The maximum Gasteiger partial charge on any atom is 0.409 e. The van der Waals surface area contributed by atoms with Crippen LogP contribution in [0.15, 0.2) is 4.79 Å². The number of methoxy groups -OCH3 is 1. The molecular weight excluding hydrogens is 204 g/mol. The first-order valence-electron chi connectivity index (χ1n) is 4.24. The highest BCUT2D eigenvalue weighted by Gasteiger charge is 2.24. The minimum atomic E-state index is -0.337. The number of rotatable bonds is 0. The highest BCUT2D eigenvalue weighted by atomic mass is 32.1. The van der Waals surface area contributed by atoms with Gasteiger partial charge in [0, 0.05) is 12.1 Å². The topological polar surface area (TPSA) is 62.4 Å². The Morgan fingerprint density at radius 1 is 1.64 bits per heavy atom. The van der Waals surface area contributed by atoms with Crippen molar-refractivity contribution in [3.05, 3.63) is 20.8 Å². The minimum absolute atomic E-state index is 0.0190. The zero-order valence-corrected chi connectivity index (χ0v) is 8.52. The summed E-state index contributed by atoms with van der Waals surface area (Å²) in [7, 11) is 1.36. The summed E-state index contributed by atoms with van der Waals surface area (Å²) in [5.41, 5.74) is 0.796. The molecular formula is C8H10N2O3S. The number of aromatic nitrogens is 1. The molecule has 0 spiro atoms. The van der Waals surface area contributed by atoms with E-state index in [4.69, 9.17) is 0 Å². The number of fused-ring (bicyclic) bond motifs is 1. The smallest absolute Gasteiger partial charge is 0.409 e. The van der Waals surface area contributed by atoms with Gasteiger partial charge in [0.05, 0.1) is 18.5 Å². The summed E-state index contributed by atoms with van der Waals surface area (Å²) in [6.07, 6.45) is 0.278. The summed E-state index contributed by atoms with van der Waals surface area (Å²) in [5.74, 6) is 0. The van der Waals surface area contributed by atoms with Crippen LogP contribution in [0.25, 0.3) is 0 Å². The lowest BCUT2D eigenvalue weighted by molar-refractivity contribution is 0.119. The largest absolute Gasteiger partial charge is 0.453 e. The van der Waals surface area contributed by atoms with Gasteiger partial charge in [-0.05, 0) is 6.42 Å². The third-order valence-electron chi connectivity index (χ3n) is 2.28. The van der Waals surface area contributed by atoms with Crippen molar-refractivity contribution in [2.24, 2.45) is 0 Å². The van der Waals surface area contributed by atoms with Gasteiger partial charge in [-0.25, -0.2) is 4.79 Å². The van der Waals surface area contributed by atoms with Crippen molar-refractivity contribution in [2.75, 3.05) is 13.7 Å². The van der Waals surface area contributed by atoms with Crippen molar-refractivity contribution in [1.82, 2.24) is 9.27 Å². The molecule has 6 heteroatoms. The number of hydrogen-bond acceptors (Lipinski definition) is 4. The molecule has 5 nitrogen and oxygen atoms in total. The average Bonchev–Trinajstić information content (AvgIpc) is 2.59. The second-order valence-corrected chi connectivity index (χ2v) is 3.98. The van der Waals surface area contributed by atoms with Crippen LogP contribution in [0.1, 0.15) is 10.4 Å². The Morgan fingerprint density at radius 2 is 2.43 bits per heavy atom. The highest BCUT2D eigenvalue weighted by Crippen LogP contribution is 2.19. The van der Waals surface area contributed by atoms with E-state index in [1.165, 1.54) is 18.6 Å². The Hall–Kier alpha value is -1.30. The van der Waals surface area contributed by atoms with Gasteiger partial charge in [-0.3, -0.25) is 9.17 Å². The van der Waals surface area contributed by atoms with Crippen LogP contribution in [0.5, 0.6) is 0 Å². The van der Waals surface area contributed by atoms with Crippen molar-refractivity contribution in [2.45, 2.75) is 13.0 Å². The van der Waals surface area contributed by atoms with E-state index in [2.05, 4.69) is 9.11 Å². The quantitative estimate of drug-likeness (QED) is 0.686. The van der Waals surface area contributed by atoms with Gasteiger partial charge in [0.1, 0.15) is 0 Å². The van der Waals surface area contributed by atoms with Crippen molar-refractivity contribution in [1.29, 1.82) is 0 Å². The number of amides is 1. The molecule has 1 aromatic heterocycles. The van der Waals surface area contributed by atoms with Crippen molar-refractivity contribution in [3.8, 4) is 0 Å². The molecule has 0 saturated heterocycles. The van der Waals surface area contributed by atoms with Gasteiger partial charge in [-0.1, -0.05) is 11.5 Å². The second kappa shape index (κ2) is 3.45. The molecule has 14 heavy (non-hydrogen) atoms. The lowest BCUT2D eigenvalue weighted by Gasteiger charge is -2.24. The van der Waals surface area contributed by atoms with Crippen LogP contribution >= 0.6 is 11.5 Å². The Balaban J connectivity index is 2.22. The van der Waals surface area contributed by atoms with Gasteiger partial charge < -0.3 is 9.64 Å². The SMILES string of the molecule is COC(=O)N1CCc2c(s[nH]c2=O)C1. The maximum absolute atomic E-state index is 11.2. The fraction of sp³-hybridized carbons (Fsp3) is 0.500. The van der Waals surface area contributed by atoms with Crippen LogP contribution in [0.3, 0.4) is 0 Å². The van der Waals surface area contributed by atoms with Gasteiger partial charge in [-0.2, -0.15) is 0 Å². The van der Waals surface area contributed by atoms with Gasteiger partial charge in [0.15, 0.2) is 0 Å². The number of nitrogens with zero attached hydrogens (tertiary/aromatic N) is 1. The molecule has 1 aliphatic rings. The van der Waals surface area contributed by atoms with E-state index in [9.17, 15) is 9.59 Å². The normalized spacial score (nSPS) is 15.1. The third kappa shape index (κ3) is 1.41. The molecule has 2 heterocycles. The molecule has 0 radical (unpaired) electrons. The van der Waals surface area contributed by atoms with Crippen LogP contribution in [0.4, 0.5) is 4.79 Å². The molecule has 0 fully saturated rings. The first kappa shape index (κ1) is 9.26. The fourth-order valence-electron chi connectivity index (χ4n) is 1.52. The van der Waals surface area contributed by atoms with E-state index in [0.29, 0.717) is 19.5 Å². The summed E-state index contributed by atoms with van der Waals surface area (Å²) < 4.78 is 7.28. The number of nitrogens with one attached hydrogen (secondary N) is 1. The molecule has 0 aromatic carbocycles. The first-order chi connectivity index (χ1) is 6.72. The standard InChI is InChI=1S/C8H10N2O3S/c1-13-8(12)10-3-2-5-6(4-10)14-9-7(5)11/h2-4H2,1H3,(H,9,11). The summed E-state index contributed by atoms with van der Waals surface area (Å²) in [5, 5.41) is 0. The number of H-pyrrole nitrogens is 1. The number of hydrogen-bond donors (Lipinski definition) is 1. The summed E-state index contributed by atoms with van der Waals surface area (Å²) in [6.45, 7) is 1.03. The summed E-state index contributed by atoms with van der Waals surface area (Å²) in [4.78, 5) is 25.0. The molecule has 0 aliphatic carbocycles.